The first-order valence-electron chi connectivity index (χ1n) is 7.68. The van der Waals surface area contributed by atoms with E-state index in [-0.39, 0.29) is 0 Å². The highest BCUT2D eigenvalue weighted by Crippen LogP contribution is 2.37. The van der Waals surface area contributed by atoms with Gasteiger partial charge in [-0.2, -0.15) is 0 Å². The maximum Gasteiger partial charge on any atom is 0.0471 e. The fourth-order valence-corrected chi connectivity index (χ4v) is 3.23. The Hall–Kier alpha value is -1.51. The number of fused-ring (bicyclic) bond motifs is 1. The third-order valence-corrected chi connectivity index (χ3v) is 4.62. The summed E-state index contributed by atoms with van der Waals surface area (Å²) in [5, 5.41) is 4.42. The average molecular weight is 299 g/mol. The molecule has 2 aromatic carbocycles. The van der Waals surface area contributed by atoms with Gasteiger partial charge in [-0.25, -0.2) is 0 Å². The van der Waals surface area contributed by atoms with Gasteiger partial charge in [-0.1, -0.05) is 35.9 Å². The molecule has 4 rings (SSSR count). The lowest BCUT2D eigenvalue weighted by molar-refractivity contribution is 0.687. The lowest BCUT2D eigenvalue weighted by atomic mass is 10.1. The molecule has 2 nitrogen and oxygen atoms in total. The van der Waals surface area contributed by atoms with Crippen molar-refractivity contribution in [2.75, 3.05) is 11.4 Å². The van der Waals surface area contributed by atoms with E-state index in [1.807, 2.05) is 6.07 Å². The molecule has 1 fully saturated rings. The fourth-order valence-electron chi connectivity index (χ4n) is 3.07. The zero-order valence-electron chi connectivity index (χ0n) is 12.0. The molecule has 1 saturated carbocycles. The lowest BCUT2D eigenvalue weighted by Gasteiger charge is -2.23. The van der Waals surface area contributed by atoms with Gasteiger partial charge < -0.3 is 10.2 Å². The number of para-hydroxylation sites is 1. The average Bonchev–Trinajstić information content (AvgIpc) is 3.23. The van der Waals surface area contributed by atoms with E-state index in [0.717, 1.165) is 30.6 Å². The highest BCUT2D eigenvalue weighted by atomic mass is 35.5. The van der Waals surface area contributed by atoms with Gasteiger partial charge in [0.2, 0.25) is 0 Å². The van der Waals surface area contributed by atoms with Gasteiger partial charge in [-0.05, 0) is 48.6 Å². The van der Waals surface area contributed by atoms with Gasteiger partial charge >= 0.3 is 0 Å². The van der Waals surface area contributed by atoms with Gasteiger partial charge in [0.15, 0.2) is 0 Å². The van der Waals surface area contributed by atoms with Gasteiger partial charge in [-0.3, -0.25) is 0 Å². The molecule has 0 radical (unpaired) electrons. The number of halogens is 1. The number of nitrogens with one attached hydrogen (secondary N) is 1. The van der Waals surface area contributed by atoms with E-state index in [1.165, 1.54) is 35.3 Å². The van der Waals surface area contributed by atoms with Crippen LogP contribution < -0.4 is 10.2 Å². The minimum Gasteiger partial charge on any atom is -0.341 e. The molecule has 21 heavy (non-hydrogen) atoms. The third-order valence-electron chi connectivity index (χ3n) is 4.38. The van der Waals surface area contributed by atoms with E-state index in [4.69, 9.17) is 11.6 Å². The second kappa shape index (κ2) is 5.36. The van der Waals surface area contributed by atoms with Crippen molar-refractivity contribution in [2.45, 2.75) is 31.8 Å². The van der Waals surface area contributed by atoms with Crippen LogP contribution in [0.2, 0.25) is 5.02 Å². The molecule has 2 aromatic rings. The van der Waals surface area contributed by atoms with Crippen molar-refractivity contribution in [3.63, 3.8) is 0 Å². The molecule has 1 aliphatic carbocycles. The van der Waals surface area contributed by atoms with Crippen molar-refractivity contribution >= 4 is 23.0 Å². The predicted octanol–water partition coefficient (Wildman–Crippen LogP) is 4.29. The summed E-state index contributed by atoms with van der Waals surface area (Å²) in [5.41, 5.74) is 5.34. The molecule has 0 amide bonds. The predicted molar refractivity (Wildman–Crippen MR) is 88.5 cm³/mol. The third kappa shape index (κ3) is 2.66. The van der Waals surface area contributed by atoms with E-state index in [0.29, 0.717) is 0 Å². The first-order valence-corrected chi connectivity index (χ1v) is 8.06. The topological polar surface area (TPSA) is 15.3 Å². The number of hydrogen-bond acceptors (Lipinski definition) is 2. The van der Waals surface area contributed by atoms with E-state index in [1.54, 1.807) is 0 Å². The molecule has 3 heteroatoms. The van der Waals surface area contributed by atoms with Crippen LogP contribution in [0.4, 0.5) is 11.4 Å². The Kier molecular flexibility index (Phi) is 3.36. The number of benzene rings is 2. The first kappa shape index (κ1) is 13.2. The van der Waals surface area contributed by atoms with E-state index in [9.17, 15) is 0 Å². The highest BCUT2D eigenvalue weighted by molar-refractivity contribution is 6.30. The van der Waals surface area contributed by atoms with Crippen LogP contribution in [0, 0.1) is 0 Å². The Morgan fingerprint density at radius 3 is 2.81 bits per heavy atom. The largest absolute Gasteiger partial charge is 0.341 e. The standard InChI is InChI=1S/C18H19ClN2/c19-15-6-5-14(12-20-16-7-8-16)18(11-15)21-10-9-13-3-1-2-4-17(13)21/h1-6,11,16,20H,7-10,12H2. The molecule has 0 bridgehead atoms. The molecule has 1 heterocycles. The minimum absolute atomic E-state index is 0.722. The molecule has 1 N–H and O–H groups in total. The summed E-state index contributed by atoms with van der Waals surface area (Å²) in [4.78, 5) is 2.41. The van der Waals surface area contributed by atoms with Crippen molar-refractivity contribution in [3.8, 4) is 0 Å². The van der Waals surface area contributed by atoms with Crippen molar-refractivity contribution in [1.82, 2.24) is 5.32 Å². The van der Waals surface area contributed by atoms with Gasteiger partial charge in [0, 0.05) is 35.5 Å². The van der Waals surface area contributed by atoms with Crippen molar-refractivity contribution < 1.29 is 0 Å². The summed E-state index contributed by atoms with van der Waals surface area (Å²) in [6.07, 6.45) is 3.74. The molecule has 2 aliphatic rings. The van der Waals surface area contributed by atoms with Gasteiger partial charge in [0.05, 0.1) is 0 Å². The van der Waals surface area contributed by atoms with Crippen LogP contribution in [-0.4, -0.2) is 12.6 Å². The highest BCUT2D eigenvalue weighted by Gasteiger charge is 2.24. The minimum atomic E-state index is 0.722. The lowest BCUT2D eigenvalue weighted by Crippen LogP contribution is -2.20. The van der Waals surface area contributed by atoms with Crippen molar-refractivity contribution in [1.29, 1.82) is 0 Å². The maximum atomic E-state index is 6.25. The summed E-state index contributed by atoms with van der Waals surface area (Å²) < 4.78 is 0. The Morgan fingerprint density at radius 2 is 1.95 bits per heavy atom. The summed E-state index contributed by atoms with van der Waals surface area (Å²) in [7, 11) is 0. The van der Waals surface area contributed by atoms with Gasteiger partial charge in [0.25, 0.3) is 0 Å². The van der Waals surface area contributed by atoms with Crippen LogP contribution in [0.5, 0.6) is 0 Å². The summed E-state index contributed by atoms with van der Waals surface area (Å²) in [5.74, 6) is 0. The van der Waals surface area contributed by atoms with Crippen LogP contribution in [0.3, 0.4) is 0 Å². The quantitative estimate of drug-likeness (QED) is 0.906. The van der Waals surface area contributed by atoms with Crippen LogP contribution in [0.1, 0.15) is 24.0 Å². The molecular formula is C18H19ClN2. The monoisotopic (exact) mass is 298 g/mol. The van der Waals surface area contributed by atoms with E-state index < -0.39 is 0 Å². The molecule has 0 saturated heterocycles. The van der Waals surface area contributed by atoms with Crippen molar-refractivity contribution in [2.24, 2.45) is 0 Å². The fraction of sp³-hybridized carbons (Fsp3) is 0.333. The summed E-state index contributed by atoms with van der Waals surface area (Å²) in [6, 6.07) is 15.7. The number of anilines is 2. The number of nitrogens with zero attached hydrogens (tertiary/aromatic N) is 1. The Bertz CT molecular complexity index is 664. The molecular weight excluding hydrogens is 280 g/mol. The molecule has 0 aromatic heterocycles. The second-order valence-electron chi connectivity index (χ2n) is 5.96. The van der Waals surface area contributed by atoms with Gasteiger partial charge in [-0.15, -0.1) is 0 Å². The molecule has 0 unspecified atom stereocenters. The first-order chi connectivity index (χ1) is 10.3. The SMILES string of the molecule is Clc1ccc(CNC2CC2)c(N2CCc3ccccc32)c1. The maximum absolute atomic E-state index is 6.25. The Morgan fingerprint density at radius 1 is 1.10 bits per heavy atom. The smallest absolute Gasteiger partial charge is 0.0471 e. The van der Waals surface area contributed by atoms with Crippen LogP contribution in [0.15, 0.2) is 42.5 Å². The zero-order valence-corrected chi connectivity index (χ0v) is 12.7. The molecule has 108 valence electrons. The van der Waals surface area contributed by atoms with E-state index in [2.05, 4.69) is 46.6 Å². The normalized spacial score (nSPS) is 17.1. The molecule has 1 aliphatic heterocycles. The van der Waals surface area contributed by atoms with Crippen LogP contribution in [-0.2, 0) is 13.0 Å². The second-order valence-corrected chi connectivity index (χ2v) is 6.39. The van der Waals surface area contributed by atoms with E-state index >= 15 is 0 Å². The summed E-state index contributed by atoms with van der Waals surface area (Å²) >= 11 is 6.25. The van der Waals surface area contributed by atoms with Crippen LogP contribution >= 0.6 is 11.6 Å². The molecule has 0 atom stereocenters. The Balaban J connectivity index is 1.68. The van der Waals surface area contributed by atoms with Crippen LogP contribution in [0.25, 0.3) is 0 Å². The summed E-state index contributed by atoms with van der Waals surface area (Å²) in [6.45, 7) is 1.96. The number of rotatable bonds is 4. The van der Waals surface area contributed by atoms with Gasteiger partial charge in [0.1, 0.15) is 0 Å². The van der Waals surface area contributed by atoms with Crippen molar-refractivity contribution in [3.05, 3.63) is 58.6 Å². The zero-order chi connectivity index (χ0) is 14.2. The number of hydrogen-bond donors (Lipinski definition) is 1. The Labute approximate surface area is 130 Å². The molecule has 0 spiro atoms.